The second-order valence-electron chi connectivity index (χ2n) is 4.88. The van der Waals surface area contributed by atoms with Crippen LogP contribution in [0.5, 0.6) is 0 Å². The summed E-state index contributed by atoms with van der Waals surface area (Å²) in [5.41, 5.74) is 10.8. The monoisotopic (exact) mass is 301 g/mol. The van der Waals surface area contributed by atoms with E-state index in [4.69, 9.17) is 17.3 Å². The molecule has 3 rings (SSSR count). The molecule has 0 saturated heterocycles. The van der Waals surface area contributed by atoms with Gasteiger partial charge in [0.15, 0.2) is 5.82 Å². The number of benzene rings is 1. The molecule has 6 heteroatoms. The number of nitrogens with one attached hydrogen (secondary N) is 1. The lowest BCUT2D eigenvalue weighted by atomic mass is 10.0. The first-order chi connectivity index (χ1) is 10.1. The Balaban J connectivity index is 2.19. The summed E-state index contributed by atoms with van der Waals surface area (Å²) >= 11 is 5.95. The number of hydrogen-bond acceptors (Lipinski definition) is 3. The number of halogens is 1. The Morgan fingerprint density at radius 1 is 1.29 bits per heavy atom. The van der Waals surface area contributed by atoms with Gasteiger partial charge < -0.3 is 5.73 Å². The van der Waals surface area contributed by atoms with E-state index in [1.54, 1.807) is 4.68 Å². The molecule has 108 valence electrons. The molecule has 0 aliphatic rings. The van der Waals surface area contributed by atoms with E-state index in [0.29, 0.717) is 10.8 Å². The number of rotatable bonds is 3. The van der Waals surface area contributed by atoms with Crippen molar-refractivity contribution >= 4 is 17.4 Å². The number of anilines is 1. The third-order valence-corrected chi connectivity index (χ3v) is 3.69. The molecule has 2 aromatic heterocycles. The van der Waals surface area contributed by atoms with Gasteiger partial charge in [0, 0.05) is 23.8 Å². The predicted molar refractivity (Wildman–Crippen MR) is 85.0 cm³/mol. The van der Waals surface area contributed by atoms with Gasteiger partial charge in [-0.1, -0.05) is 30.7 Å². The molecule has 0 fully saturated rings. The van der Waals surface area contributed by atoms with E-state index in [1.807, 2.05) is 37.5 Å². The van der Waals surface area contributed by atoms with E-state index in [2.05, 4.69) is 22.2 Å². The molecule has 0 saturated carbocycles. The number of aryl methyl sites for hydroxylation is 2. The number of nitrogen functional groups attached to an aromatic ring is 1. The number of nitrogens with two attached hydrogens (primary N) is 1. The van der Waals surface area contributed by atoms with Crippen LogP contribution in [-0.4, -0.2) is 20.0 Å². The largest absolute Gasteiger partial charge is 0.382 e. The highest BCUT2D eigenvalue weighted by atomic mass is 35.5. The van der Waals surface area contributed by atoms with Crippen molar-refractivity contribution in [2.45, 2.75) is 13.3 Å². The van der Waals surface area contributed by atoms with Gasteiger partial charge in [0.2, 0.25) is 0 Å². The van der Waals surface area contributed by atoms with Gasteiger partial charge in [0.25, 0.3) is 0 Å². The second kappa shape index (κ2) is 5.26. The summed E-state index contributed by atoms with van der Waals surface area (Å²) in [6.45, 7) is 2.08. The molecule has 0 spiro atoms. The Kier molecular flexibility index (Phi) is 3.43. The molecule has 0 aliphatic heterocycles. The van der Waals surface area contributed by atoms with Crippen molar-refractivity contribution in [1.82, 2.24) is 20.0 Å². The first kappa shape index (κ1) is 13.7. The van der Waals surface area contributed by atoms with Crippen molar-refractivity contribution < 1.29 is 0 Å². The van der Waals surface area contributed by atoms with Crippen LogP contribution in [0.2, 0.25) is 5.02 Å². The molecular weight excluding hydrogens is 286 g/mol. The number of nitrogens with zero attached hydrogens (tertiary/aromatic N) is 3. The van der Waals surface area contributed by atoms with Crippen LogP contribution >= 0.6 is 11.6 Å². The maximum Gasteiger partial charge on any atom is 0.153 e. The Morgan fingerprint density at radius 3 is 2.67 bits per heavy atom. The average molecular weight is 302 g/mol. The van der Waals surface area contributed by atoms with Gasteiger partial charge >= 0.3 is 0 Å². The lowest BCUT2D eigenvalue weighted by Crippen LogP contribution is -1.90. The van der Waals surface area contributed by atoms with Gasteiger partial charge in [-0.15, -0.1) is 0 Å². The van der Waals surface area contributed by atoms with Crippen LogP contribution < -0.4 is 5.73 Å². The fourth-order valence-electron chi connectivity index (χ4n) is 2.46. The lowest BCUT2D eigenvalue weighted by Gasteiger charge is -2.04. The van der Waals surface area contributed by atoms with Crippen molar-refractivity contribution in [2.75, 3.05) is 5.73 Å². The summed E-state index contributed by atoms with van der Waals surface area (Å²) in [4.78, 5) is 0. The Labute approximate surface area is 127 Å². The zero-order valence-electron chi connectivity index (χ0n) is 11.9. The van der Waals surface area contributed by atoms with Crippen LogP contribution in [0.25, 0.3) is 22.4 Å². The predicted octanol–water partition coefficient (Wildman–Crippen LogP) is 3.28. The highest BCUT2D eigenvalue weighted by molar-refractivity contribution is 6.30. The molecular formula is C15H16ClN5. The minimum absolute atomic E-state index is 0.471. The minimum atomic E-state index is 0.471. The Morgan fingerprint density at radius 2 is 2.00 bits per heavy atom. The van der Waals surface area contributed by atoms with E-state index in [1.165, 1.54) is 0 Å². The fraction of sp³-hybridized carbons (Fsp3) is 0.200. The van der Waals surface area contributed by atoms with Gasteiger partial charge in [0.1, 0.15) is 0 Å². The number of hydrogen-bond donors (Lipinski definition) is 2. The number of aromatic nitrogens is 4. The van der Waals surface area contributed by atoms with E-state index >= 15 is 0 Å². The molecule has 0 radical (unpaired) electrons. The fourth-order valence-corrected chi connectivity index (χ4v) is 2.59. The van der Waals surface area contributed by atoms with Crippen LogP contribution in [0.3, 0.4) is 0 Å². The van der Waals surface area contributed by atoms with E-state index in [-0.39, 0.29) is 0 Å². The first-order valence-corrected chi connectivity index (χ1v) is 7.10. The highest BCUT2D eigenvalue weighted by Gasteiger charge is 2.18. The third-order valence-electron chi connectivity index (χ3n) is 3.44. The first-order valence-electron chi connectivity index (χ1n) is 6.72. The summed E-state index contributed by atoms with van der Waals surface area (Å²) < 4.78 is 1.80. The summed E-state index contributed by atoms with van der Waals surface area (Å²) in [5, 5.41) is 12.4. The molecule has 2 heterocycles. The molecule has 1 aromatic carbocycles. The zero-order valence-corrected chi connectivity index (χ0v) is 12.6. The molecule has 0 bridgehead atoms. The maximum atomic E-state index is 6.04. The molecule has 5 nitrogen and oxygen atoms in total. The van der Waals surface area contributed by atoms with Crippen molar-refractivity contribution in [1.29, 1.82) is 0 Å². The van der Waals surface area contributed by atoms with Crippen molar-refractivity contribution in [2.24, 2.45) is 7.05 Å². The zero-order chi connectivity index (χ0) is 15.0. The minimum Gasteiger partial charge on any atom is -0.382 e. The topological polar surface area (TPSA) is 72.5 Å². The molecule has 3 aromatic rings. The van der Waals surface area contributed by atoms with Gasteiger partial charge in [0.05, 0.1) is 17.0 Å². The summed E-state index contributed by atoms with van der Waals surface area (Å²) in [6, 6.07) is 7.57. The van der Waals surface area contributed by atoms with Crippen molar-refractivity contribution in [3.8, 4) is 22.4 Å². The van der Waals surface area contributed by atoms with E-state index in [9.17, 15) is 0 Å². The van der Waals surface area contributed by atoms with Crippen molar-refractivity contribution in [3.63, 3.8) is 0 Å². The Hall–Kier alpha value is -2.27. The molecule has 0 aliphatic carbocycles. The van der Waals surface area contributed by atoms with Crippen LogP contribution in [0.1, 0.15) is 12.6 Å². The highest BCUT2D eigenvalue weighted by Crippen LogP contribution is 2.36. The summed E-state index contributed by atoms with van der Waals surface area (Å²) in [7, 11) is 1.91. The normalized spacial score (nSPS) is 11.0. The van der Waals surface area contributed by atoms with Crippen LogP contribution in [0, 0.1) is 0 Å². The number of H-pyrrole nitrogens is 1. The van der Waals surface area contributed by atoms with Gasteiger partial charge in [-0.2, -0.15) is 10.2 Å². The van der Waals surface area contributed by atoms with E-state index in [0.717, 1.165) is 34.5 Å². The van der Waals surface area contributed by atoms with E-state index < -0.39 is 0 Å². The van der Waals surface area contributed by atoms with Crippen LogP contribution in [0.15, 0.2) is 30.5 Å². The molecule has 3 N–H and O–H groups in total. The second-order valence-corrected chi connectivity index (χ2v) is 5.32. The standard InChI is InChI=1S/C15H16ClN5/c1-3-12-11(8-21(2)20-12)14-13(15(17)19-18-14)9-4-6-10(16)7-5-9/h4-8H,3H2,1-2H3,(H3,17,18,19). The third kappa shape index (κ3) is 2.40. The van der Waals surface area contributed by atoms with Gasteiger partial charge in [-0.05, 0) is 24.1 Å². The molecule has 21 heavy (non-hydrogen) atoms. The molecule has 0 unspecified atom stereocenters. The summed E-state index contributed by atoms with van der Waals surface area (Å²) in [6.07, 6.45) is 2.82. The lowest BCUT2D eigenvalue weighted by molar-refractivity contribution is 0.746. The van der Waals surface area contributed by atoms with Crippen molar-refractivity contribution in [3.05, 3.63) is 41.2 Å². The number of aromatic amines is 1. The smallest absolute Gasteiger partial charge is 0.153 e. The maximum absolute atomic E-state index is 6.04. The molecule has 0 atom stereocenters. The SMILES string of the molecule is CCc1nn(C)cc1-c1[nH]nc(N)c1-c1ccc(Cl)cc1. The molecule has 0 amide bonds. The average Bonchev–Trinajstić information content (AvgIpc) is 3.02. The van der Waals surface area contributed by atoms with Crippen LogP contribution in [-0.2, 0) is 13.5 Å². The van der Waals surface area contributed by atoms with Gasteiger partial charge in [-0.3, -0.25) is 9.78 Å². The van der Waals surface area contributed by atoms with Gasteiger partial charge in [-0.25, -0.2) is 0 Å². The Bertz CT molecular complexity index is 770. The summed E-state index contributed by atoms with van der Waals surface area (Å²) in [5.74, 6) is 0.471. The van der Waals surface area contributed by atoms with Crippen LogP contribution in [0.4, 0.5) is 5.82 Å². The quantitative estimate of drug-likeness (QED) is 0.780.